The van der Waals surface area contributed by atoms with E-state index in [0.717, 1.165) is 12.3 Å². The average molecular weight is 502 g/mol. The number of amides is 2. The van der Waals surface area contributed by atoms with Crippen molar-refractivity contribution in [2.24, 2.45) is 12.1 Å². The van der Waals surface area contributed by atoms with Gasteiger partial charge in [0.1, 0.15) is 23.3 Å². The summed E-state index contributed by atoms with van der Waals surface area (Å²) in [7, 11) is 1.60. The minimum absolute atomic E-state index is 0.0267. The average Bonchev–Trinajstić information content (AvgIpc) is 3.55. The number of piperazine rings is 1. The van der Waals surface area contributed by atoms with Crippen molar-refractivity contribution in [3.8, 4) is 23.5 Å². The monoisotopic (exact) mass is 502 g/mol. The number of urea groups is 1. The van der Waals surface area contributed by atoms with Gasteiger partial charge in [-0.2, -0.15) is 20.7 Å². The molecule has 0 spiro atoms. The van der Waals surface area contributed by atoms with E-state index >= 15 is 0 Å². The van der Waals surface area contributed by atoms with Crippen LogP contribution in [0, 0.1) is 34.3 Å². The first-order valence-electron chi connectivity index (χ1n) is 11.4. The zero-order valence-corrected chi connectivity index (χ0v) is 19.7. The van der Waals surface area contributed by atoms with E-state index in [0.29, 0.717) is 38.2 Å². The zero-order valence-electron chi connectivity index (χ0n) is 19.7. The quantitative estimate of drug-likeness (QED) is 0.538. The van der Waals surface area contributed by atoms with Crippen LogP contribution in [0.1, 0.15) is 29.2 Å². The molecule has 1 fully saturated rings. The second-order valence-corrected chi connectivity index (χ2v) is 8.54. The normalized spacial score (nSPS) is 17.1. The first-order chi connectivity index (χ1) is 17.9. The Kier molecular flexibility index (Phi) is 6.19. The summed E-state index contributed by atoms with van der Waals surface area (Å²) in [5.74, 6) is -0.949. The largest absolute Gasteiger partial charge is 0.341 e. The minimum Gasteiger partial charge on any atom is -0.337 e. The number of rotatable bonds is 3. The van der Waals surface area contributed by atoms with Crippen LogP contribution in [0.25, 0.3) is 11.4 Å². The van der Waals surface area contributed by atoms with Crippen molar-refractivity contribution >= 4 is 18.2 Å². The maximum absolute atomic E-state index is 14.6. The Bertz CT molecular complexity index is 1480. The molecule has 0 N–H and O–H groups in total. The highest BCUT2D eigenvalue weighted by Crippen LogP contribution is 2.31. The van der Waals surface area contributed by atoms with Gasteiger partial charge in [0.2, 0.25) is 5.95 Å². The van der Waals surface area contributed by atoms with Crippen molar-refractivity contribution in [3.63, 3.8) is 0 Å². The predicted octanol–water partition coefficient (Wildman–Crippen LogP) is 2.57. The number of aromatic nitrogens is 4. The molecule has 37 heavy (non-hydrogen) atoms. The minimum atomic E-state index is -0.674. The Morgan fingerprint density at radius 2 is 1.86 bits per heavy atom. The number of carbonyl (C=O) groups excluding carboxylic acids is 1. The highest BCUT2D eigenvalue weighted by molar-refractivity contribution is 5.79. The number of hydrogen-bond acceptors (Lipinski definition) is 8. The van der Waals surface area contributed by atoms with Gasteiger partial charge in [0.15, 0.2) is 5.82 Å². The molecule has 5 rings (SSSR count). The Morgan fingerprint density at radius 1 is 1.08 bits per heavy atom. The van der Waals surface area contributed by atoms with Gasteiger partial charge in [-0.15, -0.1) is 0 Å². The molecule has 2 aromatic heterocycles. The van der Waals surface area contributed by atoms with E-state index in [4.69, 9.17) is 5.26 Å². The lowest BCUT2D eigenvalue weighted by Gasteiger charge is -2.37. The second kappa shape index (κ2) is 9.62. The van der Waals surface area contributed by atoms with Crippen LogP contribution in [0.2, 0.25) is 0 Å². The smallest absolute Gasteiger partial charge is 0.337 e. The maximum atomic E-state index is 14.6. The van der Waals surface area contributed by atoms with Crippen LogP contribution in [0.15, 0.2) is 35.7 Å². The number of nitrogens with zero attached hydrogens (tertiary/aromatic N) is 10. The fraction of sp³-hybridized carbons (Fsp3) is 0.292. The molecule has 0 radical (unpaired) electrons. The molecule has 1 atom stereocenters. The number of hydrogen-bond donors (Lipinski definition) is 0. The Hall–Kier alpha value is -4.91. The number of nitriles is 2. The molecule has 2 aliphatic rings. The molecule has 2 amide bonds. The highest BCUT2D eigenvalue weighted by atomic mass is 19.1. The maximum Gasteiger partial charge on any atom is 0.341 e. The first kappa shape index (κ1) is 23.8. The fourth-order valence-corrected chi connectivity index (χ4v) is 4.46. The van der Waals surface area contributed by atoms with Gasteiger partial charge in [-0.05, 0) is 23.8 Å². The molecule has 2 aliphatic heterocycles. The molecule has 13 heteroatoms. The Balaban J connectivity index is 1.30. The second-order valence-electron chi connectivity index (χ2n) is 8.54. The number of benzene rings is 1. The van der Waals surface area contributed by atoms with Crippen LogP contribution in [0.5, 0.6) is 0 Å². The van der Waals surface area contributed by atoms with Gasteiger partial charge in [0, 0.05) is 45.9 Å². The van der Waals surface area contributed by atoms with Gasteiger partial charge in [-0.1, -0.05) is 0 Å². The summed E-state index contributed by atoms with van der Waals surface area (Å²) >= 11 is 0. The van der Waals surface area contributed by atoms with E-state index in [9.17, 15) is 18.8 Å². The summed E-state index contributed by atoms with van der Waals surface area (Å²) in [5.41, 5.74) is 1.10. The summed E-state index contributed by atoms with van der Waals surface area (Å²) in [6, 6.07) is 7.08. The van der Waals surface area contributed by atoms with Gasteiger partial charge in [-0.3, -0.25) is 4.68 Å². The molecule has 0 saturated carbocycles. The molecule has 3 aromatic rings. The van der Waals surface area contributed by atoms with Gasteiger partial charge >= 0.3 is 6.03 Å². The van der Waals surface area contributed by atoms with E-state index < -0.39 is 17.7 Å². The number of hydrazone groups is 1. The van der Waals surface area contributed by atoms with Crippen molar-refractivity contribution in [1.82, 2.24) is 29.7 Å². The third-order valence-electron chi connectivity index (χ3n) is 6.31. The Morgan fingerprint density at radius 3 is 2.59 bits per heavy atom. The number of halogens is 2. The summed E-state index contributed by atoms with van der Waals surface area (Å²) in [5, 5.41) is 28.0. The predicted molar refractivity (Wildman–Crippen MR) is 127 cm³/mol. The van der Waals surface area contributed by atoms with E-state index in [1.807, 2.05) is 17.0 Å². The van der Waals surface area contributed by atoms with Crippen LogP contribution in [0.3, 0.4) is 0 Å². The summed E-state index contributed by atoms with van der Waals surface area (Å²) in [4.78, 5) is 25.2. The fourth-order valence-electron chi connectivity index (χ4n) is 4.46. The standard InChI is InChI=1S/C24H20F2N10O/c1-33-22(17(12-28)13-31-33)21-19(26)14-29-23(32-21)34-4-6-35(7-5-34)24(37)36-20(2-3-30-36)16-8-15(11-27)9-18(25)10-16/h3,8-10,13-14,20H,2,4-7H2,1H3/t20-/m0/s1. The number of anilines is 1. The van der Waals surface area contributed by atoms with E-state index in [2.05, 4.69) is 20.2 Å². The van der Waals surface area contributed by atoms with Crippen LogP contribution >= 0.6 is 0 Å². The molecule has 0 aliphatic carbocycles. The zero-order chi connectivity index (χ0) is 26.1. The van der Waals surface area contributed by atoms with Crippen molar-refractivity contribution in [3.05, 3.63) is 58.9 Å². The SMILES string of the molecule is Cn1ncc(C#N)c1-c1nc(N2CCN(C(=O)N3N=CC[C@H]3c3cc(F)cc(C#N)c3)CC2)ncc1F. The van der Waals surface area contributed by atoms with Crippen LogP contribution in [-0.2, 0) is 7.05 Å². The topological polar surface area (TPSA) is 130 Å². The molecule has 186 valence electrons. The molecule has 1 aromatic carbocycles. The van der Waals surface area contributed by atoms with Gasteiger partial charge in [0.25, 0.3) is 0 Å². The lowest BCUT2D eigenvalue weighted by atomic mass is 10.0. The van der Waals surface area contributed by atoms with E-state index in [1.165, 1.54) is 22.0 Å². The lowest BCUT2D eigenvalue weighted by molar-refractivity contribution is 0.139. The van der Waals surface area contributed by atoms with Crippen LogP contribution < -0.4 is 4.90 Å². The number of carbonyl (C=O) groups is 1. The van der Waals surface area contributed by atoms with Crippen molar-refractivity contribution in [1.29, 1.82) is 10.5 Å². The van der Waals surface area contributed by atoms with Crippen molar-refractivity contribution in [2.75, 3.05) is 31.1 Å². The van der Waals surface area contributed by atoms with Gasteiger partial charge in [0.05, 0.1) is 35.6 Å². The van der Waals surface area contributed by atoms with Crippen LogP contribution in [-0.4, -0.2) is 68.1 Å². The van der Waals surface area contributed by atoms with Crippen molar-refractivity contribution in [2.45, 2.75) is 12.5 Å². The Labute approximate surface area is 210 Å². The molecular weight excluding hydrogens is 482 g/mol. The molecule has 11 nitrogen and oxygen atoms in total. The van der Waals surface area contributed by atoms with E-state index in [1.54, 1.807) is 24.2 Å². The molecular formula is C24H20F2N10O. The molecule has 0 unspecified atom stereocenters. The summed E-state index contributed by atoms with van der Waals surface area (Å²) < 4.78 is 30.0. The van der Waals surface area contributed by atoms with E-state index in [-0.39, 0.29) is 34.5 Å². The first-order valence-corrected chi connectivity index (χ1v) is 11.4. The molecule has 0 bridgehead atoms. The number of aryl methyl sites for hydroxylation is 1. The summed E-state index contributed by atoms with van der Waals surface area (Å²) in [6.07, 6.45) is 4.41. The highest BCUT2D eigenvalue weighted by Gasteiger charge is 2.34. The van der Waals surface area contributed by atoms with Crippen LogP contribution in [0.4, 0.5) is 19.5 Å². The van der Waals surface area contributed by atoms with Crippen molar-refractivity contribution < 1.29 is 13.6 Å². The third kappa shape index (κ3) is 4.43. The third-order valence-corrected chi connectivity index (χ3v) is 6.31. The van der Waals surface area contributed by atoms with Gasteiger partial charge in [-0.25, -0.2) is 28.6 Å². The molecule has 4 heterocycles. The molecule has 1 saturated heterocycles. The van der Waals surface area contributed by atoms with Gasteiger partial charge < -0.3 is 9.80 Å². The summed E-state index contributed by atoms with van der Waals surface area (Å²) in [6.45, 7) is 1.42. The lowest BCUT2D eigenvalue weighted by Crippen LogP contribution is -2.52.